The molecule has 0 atom stereocenters. The lowest BCUT2D eigenvalue weighted by atomic mass is 9.96. The average Bonchev–Trinajstić information content (AvgIpc) is 2.91. The molecule has 1 heterocycles. The number of fused-ring (bicyclic) bond motifs is 1. The first kappa shape index (κ1) is 17.5. The van der Waals surface area contributed by atoms with Crippen molar-refractivity contribution in [1.82, 2.24) is 0 Å². The maximum atomic E-state index is 12.6. The molecule has 132 valence electrons. The molecule has 0 fully saturated rings. The van der Waals surface area contributed by atoms with E-state index in [9.17, 15) is 9.59 Å². The number of methoxy groups -OCH3 is 1. The largest absolute Gasteiger partial charge is 0.497 e. The van der Waals surface area contributed by atoms with E-state index >= 15 is 0 Å². The van der Waals surface area contributed by atoms with Crippen LogP contribution in [0, 0.1) is 0 Å². The first-order valence-electron chi connectivity index (χ1n) is 8.50. The highest BCUT2D eigenvalue weighted by molar-refractivity contribution is 7.17. The minimum absolute atomic E-state index is 0.268. The number of nitrogens with two attached hydrogens (primary N) is 1. The van der Waals surface area contributed by atoms with Crippen LogP contribution < -0.4 is 15.8 Å². The molecule has 1 aromatic carbocycles. The molecule has 6 heteroatoms. The molecule has 0 unspecified atom stereocenters. The molecule has 1 aliphatic rings. The highest BCUT2D eigenvalue weighted by Crippen LogP contribution is 2.37. The van der Waals surface area contributed by atoms with Crippen LogP contribution in [-0.2, 0) is 12.8 Å². The van der Waals surface area contributed by atoms with Gasteiger partial charge in [0.1, 0.15) is 10.8 Å². The van der Waals surface area contributed by atoms with E-state index in [0.29, 0.717) is 21.9 Å². The summed E-state index contributed by atoms with van der Waals surface area (Å²) in [5.74, 6) is -0.129. The zero-order valence-corrected chi connectivity index (χ0v) is 15.1. The van der Waals surface area contributed by atoms with Gasteiger partial charge in [0.2, 0.25) is 0 Å². The van der Waals surface area contributed by atoms with Gasteiger partial charge in [0, 0.05) is 10.4 Å². The summed E-state index contributed by atoms with van der Waals surface area (Å²) in [6.45, 7) is 0. The lowest BCUT2D eigenvalue weighted by Gasteiger charge is -2.10. The van der Waals surface area contributed by atoms with E-state index in [1.165, 1.54) is 29.1 Å². The molecular weight excluding hydrogens is 336 g/mol. The number of hydrogen-bond acceptors (Lipinski definition) is 4. The van der Waals surface area contributed by atoms with Crippen molar-refractivity contribution in [1.29, 1.82) is 0 Å². The van der Waals surface area contributed by atoms with Crippen molar-refractivity contribution in [3.05, 3.63) is 45.8 Å². The number of rotatable bonds is 4. The third-order valence-electron chi connectivity index (χ3n) is 4.48. The molecule has 5 nitrogen and oxygen atoms in total. The Hall–Kier alpha value is -2.34. The average molecular weight is 358 g/mol. The van der Waals surface area contributed by atoms with E-state index in [4.69, 9.17) is 10.5 Å². The lowest BCUT2D eigenvalue weighted by molar-refractivity contribution is 0.100. The summed E-state index contributed by atoms with van der Waals surface area (Å²) in [6.07, 6.45) is 6.31. The highest BCUT2D eigenvalue weighted by Gasteiger charge is 2.24. The Balaban J connectivity index is 1.92. The van der Waals surface area contributed by atoms with Gasteiger partial charge >= 0.3 is 0 Å². The van der Waals surface area contributed by atoms with Crippen molar-refractivity contribution in [3.8, 4) is 5.75 Å². The van der Waals surface area contributed by atoms with Crippen LogP contribution in [0.3, 0.4) is 0 Å². The van der Waals surface area contributed by atoms with Crippen molar-refractivity contribution in [2.75, 3.05) is 12.4 Å². The topological polar surface area (TPSA) is 81.4 Å². The fourth-order valence-corrected chi connectivity index (χ4v) is 4.50. The molecule has 3 N–H and O–H groups in total. The fourth-order valence-electron chi connectivity index (χ4n) is 3.21. The summed E-state index contributed by atoms with van der Waals surface area (Å²) >= 11 is 1.48. The number of nitrogens with one attached hydrogen (secondary N) is 1. The zero-order chi connectivity index (χ0) is 17.8. The number of ether oxygens (including phenoxy) is 1. The molecule has 0 saturated carbocycles. The third-order valence-corrected chi connectivity index (χ3v) is 5.68. The molecule has 3 rings (SSSR count). The van der Waals surface area contributed by atoms with Crippen LogP contribution in [0.2, 0.25) is 0 Å². The summed E-state index contributed by atoms with van der Waals surface area (Å²) in [5, 5.41) is 3.44. The van der Waals surface area contributed by atoms with Crippen LogP contribution in [0.5, 0.6) is 5.75 Å². The Morgan fingerprint density at radius 3 is 2.64 bits per heavy atom. The molecule has 2 aromatic rings. The van der Waals surface area contributed by atoms with Crippen LogP contribution in [0.25, 0.3) is 0 Å². The number of benzene rings is 1. The molecule has 1 aliphatic carbocycles. The van der Waals surface area contributed by atoms with Gasteiger partial charge in [-0.2, -0.15) is 0 Å². The van der Waals surface area contributed by atoms with E-state index in [0.717, 1.165) is 31.2 Å². The SMILES string of the molecule is COc1cccc(C(=O)Nc2sc3c(c2C(N)=O)CCCCCC3)c1. The number of amides is 2. The molecule has 25 heavy (non-hydrogen) atoms. The molecule has 0 aliphatic heterocycles. The Morgan fingerprint density at radius 1 is 1.16 bits per heavy atom. The van der Waals surface area contributed by atoms with E-state index in [-0.39, 0.29) is 5.91 Å². The number of carbonyl (C=O) groups excluding carboxylic acids is 2. The summed E-state index contributed by atoms with van der Waals surface area (Å²) in [6, 6.07) is 6.92. The van der Waals surface area contributed by atoms with Gasteiger partial charge in [0.25, 0.3) is 11.8 Å². The summed E-state index contributed by atoms with van der Waals surface area (Å²) < 4.78 is 5.16. The number of anilines is 1. The molecule has 0 spiro atoms. The molecule has 0 radical (unpaired) electrons. The van der Waals surface area contributed by atoms with Gasteiger partial charge in [-0.1, -0.05) is 18.9 Å². The molecule has 2 amide bonds. The van der Waals surface area contributed by atoms with Crippen molar-refractivity contribution in [2.24, 2.45) is 5.73 Å². The summed E-state index contributed by atoms with van der Waals surface area (Å²) in [5.41, 5.74) is 7.62. The molecule has 0 bridgehead atoms. The Kier molecular flexibility index (Phi) is 5.38. The van der Waals surface area contributed by atoms with Crippen molar-refractivity contribution in [3.63, 3.8) is 0 Å². The number of thiophene rings is 1. The van der Waals surface area contributed by atoms with Crippen molar-refractivity contribution < 1.29 is 14.3 Å². The lowest BCUT2D eigenvalue weighted by Crippen LogP contribution is -2.18. The van der Waals surface area contributed by atoms with Gasteiger partial charge < -0.3 is 15.8 Å². The monoisotopic (exact) mass is 358 g/mol. The van der Waals surface area contributed by atoms with Crippen molar-refractivity contribution >= 4 is 28.2 Å². The maximum Gasteiger partial charge on any atom is 0.256 e. The van der Waals surface area contributed by atoms with Gasteiger partial charge in [-0.25, -0.2) is 0 Å². The standard InChI is InChI=1S/C19H22N2O3S/c1-24-13-8-6-7-12(11-13)18(23)21-19-16(17(20)22)14-9-4-2-3-5-10-15(14)25-19/h6-8,11H,2-5,9-10H2,1H3,(H2,20,22)(H,21,23). The van der Waals surface area contributed by atoms with E-state index < -0.39 is 5.91 Å². The second-order valence-corrected chi connectivity index (χ2v) is 7.28. The Labute approximate surface area is 151 Å². The van der Waals surface area contributed by atoms with Crippen LogP contribution in [0.15, 0.2) is 24.3 Å². The van der Waals surface area contributed by atoms with Gasteiger partial charge in [-0.15, -0.1) is 11.3 Å². The predicted octanol–water partition coefficient (Wildman–Crippen LogP) is 3.77. The minimum atomic E-state index is -0.473. The van der Waals surface area contributed by atoms with Crippen LogP contribution in [0.1, 0.15) is 56.8 Å². The second kappa shape index (κ2) is 7.70. The second-order valence-electron chi connectivity index (χ2n) is 6.17. The number of aryl methyl sites for hydroxylation is 1. The highest BCUT2D eigenvalue weighted by atomic mass is 32.1. The predicted molar refractivity (Wildman–Crippen MR) is 99.7 cm³/mol. The van der Waals surface area contributed by atoms with E-state index in [2.05, 4.69) is 5.32 Å². The van der Waals surface area contributed by atoms with Crippen molar-refractivity contribution in [2.45, 2.75) is 38.5 Å². The van der Waals surface area contributed by atoms with Gasteiger partial charge in [-0.05, 0) is 49.4 Å². The van der Waals surface area contributed by atoms with Crippen LogP contribution >= 0.6 is 11.3 Å². The number of hydrogen-bond donors (Lipinski definition) is 2. The molecule has 0 saturated heterocycles. The maximum absolute atomic E-state index is 12.6. The van der Waals surface area contributed by atoms with E-state index in [1.807, 2.05) is 0 Å². The Bertz CT molecular complexity index is 798. The van der Waals surface area contributed by atoms with Gasteiger partial charge in [0.05, 0.1) is 12.7 Å². The van der Waals surface area contributed by atoms with Gasteiger partial charge in [0.15, 0.2) is 0 Å². The molecule has 1 aromatic heterocycles. The first-order valence-corrected chi connectivity index (χ1v) is 9.31. The van der Waals surface area contributed by atoms with Crippen LogP contribution in [0.4, 0.5) is 5.00 Å². The number of carbonyl (C=O) groups is 2. The summed E-state index contributed by atoms with van der Waals surface area (Å²) in [4.78, 5) is 25.8. The smallest absolute Gasteiger partial charge is 0.256 e. The quantitative estimate of drug-likeness (QED) is 0.873. The number of primary amides is 1. The zero-order valence-electron chi connectivity index (χ0n) is 14.3. The molecular formula is C19H22N2O3S. The normalized spacial score (nSPS) is 14.1. The minimum Gasteiger partial charge on any atom is -0.497 e. The Morgan fingerprint density at radius 2 is 1.92 bits per heavy atom. The fraction of sp³-hybridized carbons (Fsp3) is 0.368. The first-order chi connectivity index (χ1) is 12.1. The van der Waals surface area contributed by atoms with Crippen LogP contribution in [-0.4, -0.2) is 18.9 Å². The van der Waals surface area contributed by atoms with E-state index in [1.54, 1.807) is 31.4 Å². The third kappa shape index (κ3) is 3.85. The van der Waals surface area contributed by atoms with Gasteiger partial charge in [-0.3, -0.25) is 9.59 Å². The summed E-state index contributed by atoms with van der Waals surface area (Å²) in [7, 11) is 1.56.